The molecule has 0 saturated carbocycles. The second-order valence-electron chi connectivity index (χ2n) is 6.83. The zero-order valence-electron chi connectivity index (χ0n) is 16.3. The Bertz CT molecular complexity index is 949. The van der Waals surface area contributed by atoms with Gasteiger partial charge < -0.3 is 4.90 Å². The van der Waals surface area contributed by atoms with Crippen molar-refractivity contribution in [3.63, 3.8) is 0 Å². The summed E-state index contributed by atoms with van der Waals surface area (Å²) in [5.41, 5.74) is 3.36. The van der Waals surface area contributed by atoms with Gasteiger partial charge in [0.1, 0.15) is 0 Å². The van der Waals surface area contributed by atoms with Crippen LogP contribution < -0.4 is 4.90 Å². The second-order valence-corrected chi connectivity index (χ2v) is 7.27. The highest BCUT2D eigenvalue weighted by molar-refractivity contribution is 6.30. The van der Waals surface area contributed by atoms with Crippen LogP contribution in [-0.4, -0.2) is 57.4 Å². The number of anilines is 1. The highest BCUT2D eigenvalue weighted by Crippen LogP contribution is 2.21. The summed E-state index contributed by atoms with van der Waals surface area (Å²) >= 11 is 6.11. The molecule has 6 nitrogen and oxygen atoms in total. The standard InChI is InChI=1S/C21H23ClN6.ClH/c1-17-18(15-25-28(17)21-16-23-7-8-24-21)4-3-9-26-10-12-27(13-11-26)20-6-2-5-19(22)14-20;/h2-8,14-16H,9-13H2,1H3;1H. The van der Waals surface area contributed by atoms with E-state index in [0.717, 1.165) is 54.8 Å². The van der Waals surface area contributed by atoms with Crippen molar-refractivity contribution in [3.05, 3.63) is 71.4 Å². The smallest absolute Gasteiger partial charge is 0.172 e. The Morgan fingerprint density at radius 1 is 1.10 bits per heavy atom. The lowest BCUT2D eigenvalue weighted by Crippen LogP contribution is -2.46. The van der Waals surface area contributed by atoms with E-state index in [9.17, 15) is 0 Å². The SMILES string of the molecule is Cc1c(C=CCN2CCN(c3cccc(Cl)c3)CC2)cnn1-c1cnccn1.Cl. The monoisotopic (exact) mass is 430 g/mol. The maximum absolute atomic E-state index is 6.11. The summed E-state index contributed by atoms with van der Waals surface area (Å²) in [7, 11) is 0. The number of piperazine rings is 1. The van der Waals surface area contributed by atoms with E-state index in [1.165, 1.54) is 5.69 Å². The van der Waals surface area contributed by atoms with Crippen LogP contribution in [0.2, 0.25) is 5.02 Å². The molecule has 0 N–H and O–H groups in total. The lowest BCUT2D eigenvalue weighted by Gasteiger charge is -2.35. The van der Waals surface area contributed by atoms with Crippen LogP contribution in [0.4, 0.5) is 5.69 Å². The summed E-state index contributed by atoms with van der Waals surface area (Å²) < 4.78 is 1.82. The van der Waals surface area contributed by atoms with Gasteiger partial charge in [0.2, 0.25) is 0 Å². The number of halogens is 2. The Labute approximate surface area is 182 Å². The predicted molar refractivity (Wildman–Crippen MR) is 120 cm³/mol. The van der Waals surface area contributed by atoms with Crippen LogP contribution in [0.25, 0.3) is 11.9 Å². The lowest BCUT2D eigenvalue weighted by atomic mass is 10.2. The Morgan fingerprint density at radius 2 is 1.93 bits per heavy atom. The van der Waals surface area contributed by atoms with Crippen molar-refractivity contribution in [2.75, 3.05) is 37.6 Å². The normalized spacial score (nSPS) is 14.9. The zero-order valence-corrected chi connectivity index (χ0v) is 17.9. The maximum atomic E-state index is 6.11. The minimum Gasteiger partial charge on any atom is -0.369 e. The van der Waals surface area contributed by atoms with Gasteiger partial charge in [-0.15, -0.1) is 12.4 Å². The van der Waals surface area contributed by atoms with Crippen molar-refractivity contribution < 1.29 is 0 Å². The molecular weight excluding hydrogens is 407 g/mol. The van der Waals surface area contributed by atoms with Crippen molar-refractivity contribution in [2.24, 2.45) is 0 Å². The molecule has 0 bridgehead atoms. The van der Waals surface area contributed by atoms with Gasteiger partial charge in [0.25, 0.3) is 0 Å². The topological polar surface area (TPSA) is 50.1 Å². The molecule has 8 heteroatoms. The van der Waals surface area contributed by atoms with E-state index in [1.807, 2.05) is 36.0 Å². The molecule has 1 aliphatic heterocycles. The van der Waals surface area contributed by atoms with Crippen molar-refractivity contribution in [2.45, 2.75) is 6.92 Å². The Kier molecular flexibility index (Phi) is 7.25. The molecule has 2 aromatic heterocycles. The highest BCUT2D eigenvalue weighted by Gasteiger charge is 2.16. The maximum Gasteiger partial charge on any atom is 0.172 e. The molecule has 29 heavy (non-hydrogen) atoms. The fraction of sp³-hybridized carbons (Fsp3) is 0.286. The van der Waals surface area contributed by atoms with E-state index >= 15 is 0 Å². The first kappa shape index (κ1) is 21.3. The van der Waals surface area contributed by atoms with Gasteiger partial charge in [-0.1, -0.05) is 29.8 Å². The van der Waals surface area contributed by atoms with E-state index in [4.69, 9.17) is 11.6 Å². The lowest BCUT2D eigenvalue weighted by molar-refractivity contribution is 0.284. The molecule has 0 amide bonds. The molecule has 3 heterocycles. The van der Waals surface area contributed by atoms with Crippen LogP contribution in [0.5, 0.6) is 0 Å². The van der Waals surface area contributed by atoms with Crippen LogP contribution in [0.3, 0.4) is 0 Å². The van der Waals surface area contributed by atoms with Gasteiger partial charge in [0.15, 0.2) is 5.82 Å². The minimum absolute atomic E-state index is 0. The molecule has 0 atom stereocenters. The van der Waals surface area contributed by atoms with Gasteiger partial charge in [-0.05, 0) is 25.1 Å². The fourth-order valence-electron chi connectivity index (χ4n) is 3.41. The second kappa shape index (κ2) is 9.87. The van der Waals surface area contributed by atoms with Crippen LogP contribution in [0, 0.1) is 6.92 Å². The molecule has 1 aromatic carbocycles. The summed E-state index contributed by atoms with van der Waals surface area (Å²) in [6.45, 7) is 7.07. The summed E-state index contributed by atoms with van der Waals surface area (Å²) in [5.74, 6) is 0.733. The summed E-state index contributed by atoms with van der Waals surface area (Å²) in [6.07, 6.45) is 11.3. The zero-order chi connectivity index (χ0) is 19.3. The number of nitrogens with zero attached hydrogens (tertiary/aromatic N) is 6. The largest absolute Gasteiger partial charge is 0.369 e. The van der Waals surface area contributed by atoms with Gasteiger partial charge in [-0.25, -0.2) is 9.67 Å². The van der Waals surface area contributed by atoms with Gasteiger partial charge in [0, 0.05) is 61.4 Å². The molecule has 3 aromatic rings. The highest BCUT2D eigenvalue weighted by atomic mass is 35.5. The van der Waals surface area contributed by atoms with Crippen molar-refractivity contribution in [3.8, 4) is 5.82 Å². The number of hydrogen-bond donors (Lipinski definition) is 0. The third kappa shape index (κ3) is 5.15. The fourth-order valence-corrected chi connectivity index (χ4v) is 3.59. The van der Waals surface area contributed by atoms with E-state index in [1.54, 1.807) is 18.6 Å². The molecule has 0 radical (unpaired) electrons. The first-order valence-electron chi connectivity index (χ1n) is 9.41. The van der Waals surface area contributed by atoms with Crippen LogP contribution in [0.1, 0.15) is 11.3 Å². The average Bonchev–Trinajstić information content (AvgIpc) is 3.10. The van der Waals surface area contributed by atoms with Gasteiger partial charge in [-0.2, -0.15) is 5.10 Å². The van der Waals surface area contributed by atoms with Gasteiger partial charge in [-0.3, -0.25) is 9.88 Å². The molecule has 4 rings (SSSR count). The number of benzene rings is 1. The molecule has 0 spiro atoms. The predicted octanol–water partition coefficient (Wildman–Crippen LogP) is 3.88. The first-order valence-corrected chi connectivity index (χ1v) is 9.79. The third-order valence-electron chi connectivity index (χ3n) is 5.02. The van der Waals surface area contributed by atoms with Crippen molar-refractivity contribution >= 4 is 35.8 Å². The van der Waals surface area contributed by atoms with Gasteiger partial charge >= 0.3 is 0 Å². The average molecular weight is 431 g/mol. The molecule has 0 unspecified atom stereocenters. The Hall–Kier alpha value is -2.41. The Morgan fingerprint density at radius 3 is 2.66 bits per heavy atom. The molecule has 152 valence electrons. The molecule has 1 aliphatic rings. The van der Waals surface area contributed by atoms with Crippen LogP contribution in [-0.2, 0) is 0 Å². The molecular formula is C21H24Cl2N6. The minimum atomic E-state index is 0. The van der Waals surface area contributed by atoms with Crippen molar-refractivity contribution in [1.29, 1.82) is 0 Å². The molecule has 1 saturated heterocycles. The first-order chi connectivity index (χ1) is 13.7. The summed E-state index contributed by atoms with van der Waals surface area (Å²) in [6, 6.07) is 8.09. The number of aromatic nitrogens is 4. The third-order valence-corrected chi connectivity index (χ3v) is 5.26. The van der Waals surface area contributed by atoms with E-state index in [0.29, 0.717) is 0 Å². The quantitative estimate of drug-likeness (QED) is 0.614. The van der Waals surface area contributed by atoms with Gasteiger partial charge in [0.05, 0.1) is 18.1 Å². The number of hydrogen-bond acceptors (Lipinski definition) is 5. The molecule has 0 aliphatic carbocycles. The van der Waals surface area contributed by atoms with Crippen molar-refractivity contribution in [1.82, 2.24) is 24.6 Å². The molecule has 1 fully saturated rings. The van der Waals surface area contributed by atoms with E-state index in [-0.39, 0.29) is 12.4 Å². The number of rotatable bonds is 5. The van der Waals surface area contributed by atoms with Crippen LogP contribution in [0.15, 0.2) is 55.1 Å². The summed E-state index contributed by atoms with van der Waals surface area (Å²) in [4.78, 5) is 13.3. The van der Waals surface area contributed by atoms with Crippen LogP contribution >= 0.6 is 24.0 Å². The Balaban J connectivity index is 0.00000240. The summed E-state index contributed by atoms with van der Waals surface area (Å²) in [5, 5.41) is 5.23. The van der Waals surface area contributed by atoms with E-state index < -0.39 is 0 Å². The van der Waals surface area contributed by atoms with E-state index in [2.05, 4.69) is 43.1 Å².